The van der Waals surface area contributed by atoms with E-state index in [2.05, 4.69) is 10.2 Å². The molecule has 0 heterocycles. The topological polar surface area (TPSA) is 137 Å². The largest absolute Gasteiger partial charge is 0.505 e. The summed E-state index contributed by atoms with van der Waals surface area (Å²) in [7, 11) is -4.31. The third-order valence-electron chi connectivity index (χ3n) is 4.58. The first kappa shape index (κ1) is 19.5. The monoisotopic (exact) mass is 422 g/mol. The number of carboxylic acids is 1. The number of hydrogen-bond donors (Lipinski definition) is 3. The lowest BCUT2D eigenvalue weighted by molar-refractivity contribution is 0.0694. The zero-order chi connectivity index (χ0) is 21.5. The molecule has 0 saturated heterocycles. The van der Waals surface area contributed by atoms with Gasteiger partial charge in [-0.05, 0) is 46.5 Å². The van der Waals surface area contributed by atoms with Gasteiger partial charge in [0.05, 0.1) is 10.6 Å². The van der Waals surface area contributed by atoms with Gasteiger partial charge in [-0.2, -0.15) is 13.5 Å². The molecule has 0 fully saturated rings. The van der Waals surface area contributed by atoms with Gasteiger partial charge in [0.1, 0.15) is 11.3 Å². The van der Waals surface area contributed by atoms with Crippen molar-refractivity contribution < 1.29 is 28.0 Å². The van der Waals surface area contributed by atoms with Crippen molar-refractivity contribution >= 4 is 49.0 Å². The van der Waals surface area contributed by atoms with Crippen molar-refractivity contribution in [2.24, 2.45) is 10.2 Å². The maximum atomic E-state index is 11.4. The molecule has 30 heavy (non-hydrogen) atoms. The zero-order valence-corrected chi connectivity index (χ0v) is 16.0. The average Bonchev–Trinajstić information content (AvgIpc) is 2.71. The predicted molar refractivity (Wildman–Crippen MR) is 111 cm³/mol. The fourth-order valence-electron chi connectivity index (χ4n) is 3.12. The minimum absolute atomic E-state index is 0.0346. The highest BCUT2D eigenvalue weighted by Crippen LogP contribution is 2.39. The molecule has 9 heteroatoms. The number of carboxylic acid groups (broad SMARTS) is 1. The maximum Gasteiger partial charge on any atom is 0.339 e. The second-order valence-corrected chi connectivity index (χ2v) is 7.94. The number of carbonyl (C=O) groups is 1. The molecule has 0 aliphatic rings. The van der Waals surface area contributed by atoms with E-state index in [9.17, 15) is 23.4 Å². The van der Waals surface area contributed by atoms with Crippen LogP contribution in [0.25, 0.3) is 21.5 Å². The Kier molecular flexibility index (Phi) is 4.69. The fraction of sp³-hybridized carbons (Fsp3) is 0. The molecule has 4 aromatic rings. The number of phenols is 1. The summed E-state index contributed by atoms with van der Waals surface area (Å²) in [5, 5.41) is 30.3. The normalized spacial score (nSPS) is 12.0. The minimum atomic E-state index is -4.31. The van der Waals surface area contributed by atoms with Gasteiger partial charge in [0.2, 0.25) is 0 Å². The third-order valence-corrected chi connectivity index (χ3v) is 5.43. The van der Waals surface area contributed by atoms with E-state index in [-0.39, 0.29) is 16.1 Å². The van der Waals surface area contributed by atoms with Crippen LogP contribution < -0.4 is 0 Å². The van der Waals surface area contributed by atoms with Gasteiger partial charge in [-0.15, -0.1) is 5.11 Å². The van der Waals surface area contributed by atoms with Crippen molar-refractivity contribution in [1.29, 1.82) is 0 Å². The number of hydrogen-bond acceptors (Lipinski definition) is 6. The van der Waals surface area contributed by atoms with Crippen molar-refractivity contribution in [3.63, 3.8) is 0 Å². The number of azo groups is 1. The molecule has 0 aliphatic carbocycles. The molecule has 0 amide bonds. The predicted octanol–water partition coefficient (Wildman–Crippen LogP) is 5.06. The standard InChI is InChI=1S/C21H14N2O6S/c24-20-18(21(25)26)11-14-3-1-2-4-17(14)19(20)23-22-15-7-5-13-10-16(30(27,28)29)8-6-12(13)9-15/h1-11,24H,(H,25,26)(H,27,28,29). The van der Waals surface area contributed by atoms with Crippen LogP contribution in [0.2, 0.25) is 0 Å². The van der Waals surface area contributed by atoms with Crippen LogP contribution in [0, 0.1) is 0 Å². The van der Waals surface area contributed by atoms with E-state index in [0.717, 1.165) is 0 Å². The van der Waals surface area contributed by atoms with Crippen molar-refractivity contribution in [2.75, 3.05) is 0 Å². The summed E-state index contributed by atoms with van der Waals surface area (Å²) in [6.07, 6.45) is 0. The van der Waals surface area contributed by atoms with Crippen LogP contribution in [-0.4, -0.2) is 29.2 Å². The van der Waals surface area contributed by atoms with Crippen molar-refractivity contribution in [1.82, 2.24) is 0 Å². The molecule has 3 N–H and O–H groups in total. The van der Waals surface area contributed by atoms with Crippen LogP contribution in [0.4, 0.5) is 11.4 Å². The molecule has 0 bridgehead atoms. The Labute approximate surface area is 170 Å². The Morgan fingerprint density at radius 2 is 1.53 bits per heavy atom. The highest BCUT2D eigenvalue weighted by Gasteiger charge is 2.17. The first-order valence-corrected chi connectivity index (χ1v) is 10.1. The smallest absolute Gasteiger partial charge is 0.339 e. The van der Waals surface area contributed by atoms with E-state index in [0.29, 0.717) is 27.2 Å². The second kappa shape index (κ2) is 7.21. The van der Waals surface area contributed by atoms with Crippen LogP contribution in [-0.2, 0) is 10.1 Å². The third kappa shape index (κ3) is 3.59. The van der Waals surface area contributed by atoms with Gasteiger partial charge >= 0.3 is 5.97 Å². The molecule has 8 nitrogen and oxygen atoms in total. The van der Waals surface area contributed by atoms with Crippen LogP contribution >= 0.6 is 0 Å². The Balaban J connectivity index is 1.80. The molecule has 0 radical (unpaired) electrons. The van der Waals surface area contributed by atoms with Crippen molar-refractivity contribution in [2.45, 2.75) is 4.90 Å². The summed E-state index contributed by atoms with van der Waals surface area (Å²) in [6.45, 7) is 0. The van der Waals surface area contributed by atoms with Crippen molar-refractivity contribution in [3.05, 3.63) is 72.3 Å². The van der Waals surface area contributed by atoms with Crippen molar-refractivity contribution in [3.8, 4) is 5.75 Å². The molecular formula is C21H14N2O6S. The number of nitrogens with zero attached hydrogens (tertiary/aromatic N) is 2. The van der Waals surface area contributed by atoms with Crippen LogP contribution in [0.1, 0.15) is 10.4 Å². The molecule has 4 rings (SSSR count). The number of aromatic carboxylic acids is 1. The lowest BCUT2D eigenvalue weighted by Crippen LogP contribution is -1.97. The van der Waals surface area contributed by atoms with E-state index in [4.69, 9.17) is 4.55 Å². The van der Waals surface area contributed by atoms with Gasteiger partial charge in [-0.3, -0.25) is 4.55 Å². The Morgan fingerprint density at radius 3 is 2.27 bits per heavy atom. The molecule has 0 unspecified atom stereocenters. The lowest BCUT2D eigenvalue weighted by atomic mass is 10.0. The first-order chi connectivity index (χ1) is 14.2. The summed E-state index contributed by atoms with van der Waals surface area (Å²) in [4.78, 5) is 11.2. The Morgan fingerprint density at radius 1 is 0.833 bits per heavy atom. The van der Waals surface area contributed by atoms with Gasteiger partial charge in [-0.25, -0.2) is 4.79 Å². The van der Waals surface area contributed by atoms with E-state index in [1.165, 1.54) is 24.3 Å². The first-order valence-electron chi connectivity index (χ1n) is 8.65. The minimum Gasteiger partial charge on any atom is -0.505 e. The molecule has 4 aromatic carbocycles. The van der Waals surface area contributed by atoms with E-state index < -0.39 is 21.8 Å². The summed E-state index contributed by atoms with van der Waals surface area (Å²) in [5.74, 6) is -1.77. The number of rotatable bonds is 4. The lowest BCUT2D eigenvalue weighted by Gasteiger charge is -2.07. The van der Waals surface area contributed by atoms with E-state index in [1.54, 1.807) is 42.5 Å². The van der Waals surface area contributed by atoms with Crippen LogP contribution in [0.5, 0.6) is 5.75 Å². The van der Waals surface area contributed by atoms with Gasteiger partial charge in [0.25, 0.3) is 10.1 Å². The average molecular weight is 422 g/mol. The SMILES string of the molecule is O=C(O)c1cc2ccccc2c(N=Nc2ccc3cc(S(=O)(=O)O)ccc3c2)c1O. The molecule has 150 valence electrons. The summed E-state index contributed by atoms with van der Waals surface area (Å²) < 4.78 is 31.7. The molecular weight excluding hydrogens is 408 g/mol. The molecule has 0 spiro atoms. The maximum absolute atomic E-state index is 11.4. The highest BCUT2D eigenvalue weighted by atomic mass is 32.2. The van der Waals surface area contributed by atoms with Gasteiger partial charge in [0.15, 0.2) is 5.75 Å². The highest BCUT2D eigenvalue weighted by molar-refractivity contribution is 7.85. The summed E-state index contributed by atoms with van der Waals surface area (Å²) in [5.41, 5.74) is 0.164. The molecule has 0 saturated carbocycles. The van der Waals surface area contributed by atoms with Crippen LogP contribution in [0.3, 0.4) is 0 Å². The molecule has 0 aromatic heterocycles. The molecule has 0 aliphatic heterocycles. The second-order valence-electron chi connectivity index (χ2n) is 6.52. The number of fused-ring (bicyclic) bond motifs is 2. The zero-order valence-electron chi connectivity index (χ0n) is 15.2. The van der Waals surface area contributed by atoms with E-state index in [1.807, 2.05) is 0 Å². The quantitative estimate of drug-likeness (QED) is 0.311. The van der Waals surface area contributed by atoms with E-state index >= 15 is 0 Å². The molecule has 0 atom stereocenters. The Hall–Kier alpha value is -3.82. The fourth-order valence-corrected chi connectivity index (χ4v) is 3.64. The van der Waals surface area contributed by atoms with Crippen LogP contribution in [0.15, 0.2) is 81.9 Å². The van der Waals surface area contributed by atoms with Gasteiger partial charge < -0.3 is 10.2 Å². The van der Waals surface area contributed by atoms with Gasteiger partial charge in [-0.1, -0.05) is 36.4 Å². The number of benzene rings is 4. The summed E-state index contributed by atoms with van der Waals surface area (Å²) >= 11 is 0. The van der Waals surface area contributed by atoms with Gasteiger partial charge in [0, 0.05) is 5.39 Å². The summed E-state index contributed by atoms with van der Waals surface area (Å²) in [6, 6.07) is 17.2. The number of aromatic hydroxyl groups is 1. The Bertz CT molecular complexity index is 1460.